The second-order valence-corrected chi connectivity index (χ2v) is 3.54. The van der Waals surface area contributed by atoms with E-state index in [1.807, 2.05) is 0 Å². The van der Waals surface area contributed by atoms with Crippen molar-refractivity contribution in [3.8, 4) is 5.75 Å². The monoisotopic (exact) mass is 262 g/mol. The Hall–Kier alpha value is -0.540. The van der Waals surface area contributed by atoms with Crippen LogP contribution >= 0.6 is 27.5 Å². The van der Waals surface area contributed by atoms with Gasteiger partial charge in [-0.1, -0.05) is 39.7 Å². The Morgan fingerprint density at radius 3 is 2.77 bits per heavy atom. The molecule has 0 aliphatic rings. The maximum absolute atomic E-state index is 11.1. The summed E-state index contributed by atoms with van der Waals surface area (Å²) in [6, 6.07) is 6.89. The third-order valence-electron chi connectivity index (χ3n) is 1.36. The highest BCUT2D eigenvalue weighted by molar-refractivity contribution is 9.09. The third kappa shape index (κ3) is 3.36. The zero-order valence-corrected chi connectivity index (χ0v) is 9.14. The fourth-order valence-electron chi connectivity index (χ4n) is 0.778. The highest BCUT2D eigenvalue weighted by Crippen LogP contribution is 2.23. The molecule has 0 amide bonds. The Morgan fingerprint density at radius 1 is 1.46 bits per heavy atom. The maximum atomic E-state index is 11.1. The van der Waals surface area contributed by atoms with Crippen LogP contribution in [0.25, 0.3) is 0 Å². The van der Waals surface area contributed by atoms with Crippen LogP contribution in [0.5, 0.6) is 5.75 Å². The third-order valence-corrected chi connectivity index (χ3v) is 2.07. The molecule has 0 N–H and O–H groups in total. The van der Waals surface area contributed by atoms with E-state index in [-0.39, 0.29) is 5.97 Å². The van der Waals surface area contributed by atoms with Crippen LogP contribution in [0.3, 0.4) is 0 Å². The topological polar surface area (TPSA) is 26.3 Å². The predicted molar refractivity (Wildman–Crippen MR) is 55.5 cm³/mol. The number of carbonyl (C=O) groups excluding carboxylic acids is 1. The van der Waals surface area contributed by atoms with Gasteiger partial charge < -0.3 is 4.74 Å². The van der Waals surface area contributed by atoms with E-state index in [0.717, 1.165) is 0 Å². The van der Waals surface area contributed by atoms with Gasteiger partial charge in [-0.15, -0.1) is 0 Å². The lowest BCUT2D eigenvalue weighted by atomic mass is 10.3. The van der Waals surface area contributed by atoms with Gasteiger partial charge in [-0.3, -0.25) is 4.79 Å². The van der Waals surface area contributed by atoms with Crippen LogP contribution < -0.4 is 4.74 Å². The number of esters is 1. The average molecular weight is 264 g/mol. The SMILES string of the molecule is O=C(CCBr)Oc1ccccc1Cl. The van der Waals surface area contributed by atoms with Gasteiger partial charge in [0.1, 0.15) is 5.75 Å². The maximum Gasteiger partial charge on any atom is 0.312 e. The molecule has 70 valence electrons. The summed E-state index contributed by atoms with van der Waals surface area (Å²) in [6.07, 6.45) is 0.339. The molecule has 0 fully saturated rings. The standard InChI is InChI=1S/C9H8BrClO2/c10-6-5-9(12)13-8-4-2-1-3-7(8)11/h1-4H,5-6H2. The number of benzene rings is 1. The van der Waals surface area contributed by atoms with E-state index >= 15 is 0 Å². The van der Waals surface area contributed by atoms with Crippen LogP contribution in [0.15, 0.2) is 24.3 Å². The first-order valence-electron chi connectivity index (χ1n) is 3.75. The Bertz CT molecular complexity index is 301. The van der Waals surface area contributed by atoms with Crippen molar-refractivity contribution in [1.29, 1.82) is 0 Å². The molecule has 0 saturated heterocycles. The Labute approximate surface area is 90.0 Å². The summed E-state index contributed by atoms with van der Waals surface area (Å²) in [5, 5.41) is 1.04. The number of hydrogen-bond acceptors (Lipinski definition) is 2. The first kappa shape index (κ1) is 10.5. The van der Waals surface area contributed by atoms with Crippen LogP contribution in [0.4, 0.5) is 0 Å². The van der Waals surface area contributed by atoms with Crippen molar-refractivity contribution in [1.82, 2.24) is 0 Å². The van der Waals surface area contributed by atoms with Crippen LogP contribution in [-0.4, -0.2) is 11.3 Å². The molecular formula is C9H8BrClO2. The quantitative estimate of drug-likeness (QED) is 0.476. The van der Waals surface area contributed by atoms with Gasteiger partial charge in [0, 0.05) is 5.33 Å². The number of halogens is 2. The molecule has 1 aromatic rings. The molecule has 0 heterocycles. The minimum absolute atomic E-state index is 0.287. The molecule has 0 aliphatic carbocycles. The van der Waals surface area contributed by atoms with E-state index in [4.69, 9.17) is 16.3 Å². The minimum atomic E-state index is -0.287. The lowest BCUT2D eigenvalue weighted by Crippen LogP contribution is -2.08. The van der Waals surface area contributed by atoms with Crippen molar-refractivity contribution in [3.05, 3.63) is 29.3 Å². The molecule has 4 heteroatoms. The van der Waals surface area contributed by atoms with Gasteiger partial charge in [0.25, 0.3) is 0 Å². The molecule has 0 saturated carbocycles. The fraction of sp³-hybridized carbons (Fsp3) is 0.222. The summed E-state index contributed by atoms with van der Waals surface area (Å²) < 4.78 is 4.98. The Kier molecular flexibility index (Phi) is 4.25. The molecule has 2 nitrogen and oxygen atoms in total. The summed E-state index contributed by atoms with van der Waals surface area (Å²) >= 11 is 8.93. The predicted octanol–water partition coefficient (Wildman–Crippen LogP) is 3.03. The second kappa shape index (κ2) is 5.25. The van der Waals surface area contributed by atoms with Crippen LogP contribution in [0, 0.1) is 0 Å². The molecule has 0 bridgehead atoms. The summed E-state index contributed by atoms with van der Waals surface area (Å²) in [4.78, 5) is 11.1. The van der Waals surface area contributed by atoms with Gasteiger partial charge in [0.05, 0.1) is 11.4 Å². The van der Waals surface area contributed by atoms with Crippen molar-refractivity contribution in [2.75, 3.05) is 5.33 Å². The Morgan fingerprint density at radius 2 is 2.15 bits per heavy atom. The van der Waals surface area contributed by atoms with Crippen molar-refractivity contribution in [3.63, 3.8) is 0 Å². The first-order chi connectivity index (χ1) is 6.24. The molecule has 1 rings (SSSR count). The van der Waals surface area contributed by atoms with Crippen LogP contribution in [0.1, 0.15) is 6.42 Å². The van der Waals surface area contributed by atoms with Gasteiger partial charge in [-0.05, 0) is 12.1 Å². The van der Waals surface area contributed by atoms with Gasteiger partial charge >= 0.3 is 5.97 Å². The molecule has 0 aromatic heterocycles. The van der Waals surface area contributed by atoms with Crippen LogP contribution in [0.2, 0.25) is 5.02 Å². The molecule has 0 radical (unpaired) electrons. The van der Waals surface area contributed by atoms with Gasteiger partial charge in [0.2, 0.25) is 0 Å². The summed E-state index contributed by atoms with van der Waals surface area (Å²) in [5.74, 6) is 0.125. The van der Waals surface area contributed by atoms with Gasteiger partial charge in [-0.2, -0.15) is 0 Å². The largest absolute Gasteiger partial charge is 0.425 e. The van der Waals surface area contributed by atoms with Crippen molar-refractivity contribution < 1.29 is 9.53 Å². The summed E-state index contributed by atoms with van der Waals surface area (Å²) in [5.41, 5.74) is 0. The molecule has 0 unspecified atom stereocenters. The van der Waals surface area contributed by atoms with E-state index in [9.17, 15) is 4.79 Å². The lowest BCUT2D eigenvalue weighted by molar-refractivity contribution is -0.133. The van der Waals surface area contributed by atoms with E-state index in [1.165, 1.54) is 0 Å². The molecular weight excluding hydrogens is 255 g/mol. The number of hydrogen-bond donors (Lipinski definition) is 0. The van der Waals surface area contributed by atoms with E-state index in [1.54, 1.807) is 24.3 Å². The number of rotatable bonds is 3. The second-order valence-electron chi connectivity index (χ2n) is 2.34. The highest BCUT2D eigenvalue weighted by Gasteiger charge is 2.05. The highest BCUT2D eigenvalue weighted by atomic mass is 79.9. The summed E-state index contributed by atoms with van der Waals surface area (Å²) in [7, 11) is 0. The Balaban J connectivity index is 2.63. The number of para-hydroxylation sites is 1. The number of ether oxygens (including phenoxy) is 1. The molecule has 1 aromatic carbocycles. The fourth-order valence-corrected chi connectivity index (χ4v) is 1.28. The molecule has 0 spiro atoms. The zero-order chi connectivity index (χ0) is 9.68. The van der Waals surface area contributed by atoms with E-state index in [2.05, 4.69) is 15.9 Å². The number of carbonyl (C=O) groups is 1. The number of alkyl halides is 1. The van der Waals surface area contributed by atoms with Gasteiger partial charge in [0.15, 0.2) is 0 Å². The normalized spacial score (nSPS) is 9.69. The zero-order valence-electron chi connectivity index (χ0n) is 6.80. The molecule has 0 atom stereocenters. The van der Waals surface area contributed by atoms with Crippen molar-refractivity contribution in [2.24, 2.45) is 0 Å². The van der Waals surface area contributed by atoms with E-state index < -0.39 is 0 Å². The smallest absolute Gasteiger partial charge is 0.312 e. The first-order valence-corrected chi connectivity index (χ1v) is 5.25. The minimum Gasteiger partial charge on any atom is -0.425 e. The molecule has 13 heavy (non-hydrogen) atoms. The van der Waals surface area contributed by atoms with Gasteiger partial charge in [-0.25, -0.2) is 0 Å². The van der Waals surface area contributed by atoms with Crippen LogP contribution in [-0.2, 0) is 4.79 Å². The van der Waals surface area contributed by atoms with Crippen molar-refractivity contribution >= 4 is 33.5 Å². The van der Waals surface area contributed by atoms with E-state index in [0.29, 0.717) is 22.5 Å². The van der Waals surface area contributed by atoms with Crippen molar-refractivity contribution in [2.45, 2.75) is 6.42 Å². The molecule has 0 aliphatic heterocycles. The summed E-state index contributed by atoms with van der Waals surface area (Å²) in [6.45, 7) is 0. The lowest BCUT2D eigenvalue weighted by Gasteiger charge is -2.03. The average Bonchev–Trinajstić information content (AvgIpc) is 2.09.